The summed E-state index contributed by atoms with van der Waals surface area (Å²) in [4.78, 5) is 0. The zero-order valence-electron chi connectivity index (χ0n) is 18.0. The molecular formula is C30H28N. The van der Waals surface area contributed by atoms with E-state index in [2.05, 4.69) is 115 Å². The molecule has 0 fully saturated rings. The van der Waals surface area contributed by atoms with Crippen LogP contribution in [-0.2, 0) is 6.54 Å². The van der Waals surface area contributed by atoms with Crippen molar-refractivity contribution in [3.63, 3.8) is 0 Å². The van der Waals surface area contributed by atoms with Gasteiger partial charge in [0.2, 0.25) is 0 Å². The van der Waals surface area contributed by atoms with Gasteiger partial charge in [0.15, 0.2) is 0 Å². The van der Waals surface area contributed by atoms with Gasteiger partial charge in [0.25, 0.3) is 0 Å². The number of rotatable bonds is 6. The second kappa shape index (κ2) is 8.91. The molecule has 1 N–H and O–H groups in total. The Morgan fingerprint density at radius 2 is 1.42 bits per heavy atom. The van der Waals surface area contributed by atoms with E-state index in [1.807, 2.05) is 0 Å². The Labute approximate surface area is 185 Å². The first-order valence-electron chi connectivity index (χ1n) is 11.3. The molecule has 1 aliphatic carbocycles. The van der Waals surface area contributed by atoms with Crippen molar-refractivity contribution in [3.05, 3.63) is 119 Å². The minimum atomic E-state index is 0.389. The van der Waals surface area contributed by atoms with E-state index in [0.29, 0.717) is 11.8 Å². The predicted molar refractivity (Wildman–Crippen MR) is 132 cm³/mol. The number of fused-ring (bicyclic) bond motifs is 3. The molecule has 4 aromatic rings. The maximum Gasteiger partial charge on any atom is 0.0212 e. The molecule has 1 nitrogen and oxygen atoms in total. The quantitative estimate of drug-likeness (QED) is 0.364. The summed E-state index contributed by atoms with van der Waals surface area (Å²) in [5.74, 6) is 0.906. The van der Waals surface area contributed by atoms with Crippen LogP contribution in [0.25, 0.3) is 22.9 Å². The summed E-state index contributed by atoms with van der Waals surface area (Å²) in [7, 11) is 0. The van der Waals surface area contributed by atoms with Crippen LogP contribution in [0.15, 0.2) is 84.9 Å². The average molecular weight is 403 g/mol. The van der Waals surface area contributed by atoms with E-state index in [1.54, 1.807) is 0 Å². The first-order chi connectivity index (χ1) is 15.3. The highest BCUT2D eigenvalue weighted by molar-refractivity contribution is 5.82. The van der Waals surface area contributed by atoms with Crippen molar-refractivity contribution in [1.82, 2.24) is 5.32 Å². The van der Waals surface area contributed by atoms with Gasteiger partial charge in [0.1, 0.15) is 0 Å². The van der Waals surface area contributed by atoms with E-state index in [9.17, 15) is 0 Å². The lowest BCUT2D eigenvalue weighted by Crippen LogP contribution is -2.28. The minimum Gasteiger partial charge on any atom is -0.312 e. The molecule has 5 rings (SSSR count). The molecule has 0 saturated heterocycles. The third-order valence-corrected chi connectivity index (χ3v) is 6.56. The van der Waals surface area contributed by atoms with Crippen LogP contribution in [0.5, 0.6) is 0 Å². The second-order valence-electron chi connectivity index (χ2n) is 8.46. The Hall–Kier alpha value is -3.16. The van der Waals surface area contributed by atoms with Crippen molar-refractivity contribution < 1.29 is 0 Å². The molecule has 0 saturated carbocycles. The summed E-state index contributed by atoms with van der Waals surface area (Å²) in [5.41, 5.74) is 6.77. The Morgan fingerprint density at radius 3 is 2.10 bits per heavy atom. The third kappa shape index (κ3) is 4.06. The smallest absolute Gasteiger partial charge is 0.0212 e. The average Bonchev–Trinajstić information content (AvgIpc) is 2.99. The Kier molecular flexibility index (Phi) is 5.69. The summed E-state index contributed by atoms with van der Waals surface area (Å²) in [6.07, 6.45) is 5.68. The Bertz CT molecular complexity index is 1170. The zero-order chi connectivity index (χ0) is 21.0. The molecule has 0 bridgehead atoms. The van der Waals surface area contributed by atoms with Gasteiger partial charge in [0, 0.05) is 12.5 Å². The van der Waals surface area contributed by atoms with Gasteiger partial charge in [-0.25, -0.2) is 0 Å². The largest absolute Gasteiger partial charge is 0.312 e. The van der Waals surface area contributed by atoms with Crippen LogP contribution in [0, 0.1) is 12.0 Å². The van der Waals surface area contributed by atoms with E-state index in [-0.39, 0.29) is 0 Å². The SMILES string of the molecule is CCC(CNCc1[c]cc2ccccc2c1)C1c2ccccc2C=Cc2ccccc21. The monoisotopic (exact) mass is 402 g/mol. The van der Waals surface area contributed by atoms with Crippen LogP contribution in [0.2, 0.25) is 0 Å². The molecule has 1 heteroatoms. The minimum absolute atomic E-state index is 0.389. The molecule has 0 spiro atoms. The zero-order valence-corrected chi connectivity index (χ0v) is 18.0. The van der Waals surface area contributed by atoms with Gasteiger partial charge in [0.05, 0.1) is 0 Å². The normalized spacial score (nSPS) is 14.1. The third-order valence-electron chi connectivity index (χ3n) is 6.56. The molecule has 1 aliphatic rings. The van der Waals surface area contributed by atoms with E-state index in [4.69, 9.17) is 0 Å². The van der Waals surface area contributed by atoms with Gasteiger partial charge < -0.3 is 5.32 Å². The maximum absolute atomic E-state index is 3.75. The van der Waals surface area contributed by atoms with Crippen LogP contribution in [0.1, 0.15) is 47.1 Å². The fraction of sp³-hybridized carbons (Fsp3) is 0.200. The van der Waals surface area contributed by atoms with Crippen molar-refractivity contribution >= 4 is 22.9 Å². The van der Waals surface area contributed by atoms with Crippen LogP contribution >= 0.6 is 0 Å². The standard InChI is InChI=1S/C30H28N/c1-2-23(21-31-20-22-15-16-24-9-3-4-12-27(24)19-22)30-28-13-7-5-10-25(28)17-18-26-11-6-8-14-29(26)30/h3-14,16-19,23,30-31H,2,20-21H2,1H3. The highest BCUT2D eigenvalue weighted by Crippen LogP contribution is 2.40. The van der Waals surface area contributed by atoms with Crippen LogP contribution in [-0.4, -0.2) is 6.54 Å². The fourth-order valence-electron chi connectivity index (χ4n) is 4.91. The summed E-state index contributed by atoms with van der Waals surface area (Å²) in [6, 6.07) is 34.1. The Balaban J connectivity index is 1.39. The van der Waals surface area contributed by atoms with Crippen molar-refractivity contribution in [3.8, 4) is 0 Å². The first kappa shape index (κ1) is 19.8. The number of hydrogen-bond acceptors (Lipinski definition) is 1. The van der Waals surface area contributed by atoms with E-state index >= 15 is 0 Å². The van der Waals surface area contributed by atoms with Gasteiger partial charge in [-0.05, 0) is 69.3 Å². The highest BCUT2D eigenvalue weighted by atomic mass is 14.9. The summed E-state index contributed by atoms with van der Waals surface area (Å²) in [6.45, 7) is 4.14. The van der Waals surface area contributed by atoms with E-state index < -0.39 is 0 Å². The van der Waals surface area contributed by atoms with Crippen LogP contribution in [0.4, 0.5) is 0 Å². The lowest BCUT2D eigenvalue weighted by Gasteiger charge is -2.29. The lowest BCUT2D eigenvalue weighted by molar-refractivity contribution is 0.417. The summed E-state index contributed by atoms with van der Waals surface area (Å²) >= 11 is 0. The molecule has 0 amide bonds. The fourth-order valence-corrected chi connectivity index (χ4v) is 4.91. The molecule has 0 heterocycles. The van der Waals surface area contributed by atoms with Crippen LogP contribution in [0.3, 0.4) is 0 Å². The maximum atomic E-state index is 3.75. The highest BCUT2D eigenvalue weighted by Gasteiger charge is 2.27. The Morgan fingerprint density at radius 1 is 0.806 bits per heavy atom. The van der Waals surface area contributed by atoms with Crippen LogP contribution < -0.4 is 5.32 Å². The number of nitrogens with one attached hydrogen (secondary N) is 1. The van der Waals surface area contributed by atoms with E-state index in [1.165, 1.54) is 38.6 Å². The summed E-state index contributed by atoms with van der Waals surface area (Å²) in [5, 5.41) is 6.27. The molecule has 4 aromatic carbocycles. The second-order valence-corrected chi connectivity index (χ2v) is 8.46. The van der Waals surface area contributed by atoms with Gasteiger partial charge in [-0.1, -0.05) is 98.3 Å². The molecule has 1 radical (unpaired) electrons. The van der Waals surface area contributed by atoms with Crippen molar-refractivity contribution in [2.75, 3.05) is 6.54 Å². The van der Waals surface area contributed by atoms with Gasteiger partial charge >= 0.3 is 0 Å². The first-order valence-corrected chi connectivity index (χ1v) is 11.3. The topological polar surface area (TPSA) is 12.0 Å². The molecule has 1 atom stereocenters. The molecule has 153 valence electrons. The van der Waals surface area contributed by atoms with Gasteiger partial charge in [-0.15, -0.1) is 0 Å². The number of benzene rings is 4. The van der Waals surface area contributed by atoms with Crippen molar-refractivity contribution in [2.24, 2.45) is 5.92 Å². The van der Waals surface area contributed by atoms with E-state index in [0.717, 1.165) is 19.5 Å². The molecule has 0 aromatic heterocycles. The van der Waals surface area contributed by atoms with Gasteiger partial charge in [-0.2, -0.15) is 0 Å². The predicted octanol–water partition coefficient (Wildman–Crippen LogP) is 7.07. The molecule has 31 heavy (non-hydrogen) atoms. The van der Waals surface area contributed by atoms with Crippen molar-refractivity contribution in [1.29, 1.82) is 0 Å². The van der Waals surface area contributed by atoms with Gasteiger partial charge in [-0.3, -0.25) is 0 Å². The van der Waals surface area contributed by atoms with Crippen molar-refractivity contribution in [2.45, 2.75) is 25.8 Å². The number of hydrogen-bond donors (Lipinski definition) is 1. The molecule has 1 unspecified atom stereocenters. The lowest BCUT2D eigenvalue weighted by atomic mass is 9.77. The summed E-state index contributed by atoms with van der Waals surface area (Å²) < 4.78 is 0. The molecule has 0 aliphatic heterocycles. The molecular weight excluding hydrogens is 374 g/mol.